The molecule has 0 aliphatic rings. The lowest BCUT2D eigenvalue weighted by Gasteiger charge is -2.21. The smallest absolute Gasteiger partial charge is 0.416 e. The van der Waals surface area contributed by atoms with Gasteiger partial charge in [0.2, 0.25) is 0 Å². The maximum absolute atomic E-state index is 12.4. The summed E-state index contributed by atoms with van der Waals surface area (Å²) in [5, 5.41) is 0. The summed E-state index contributed by atoms with van der Waals surface area (Å²) in [7, 11) is 0. The molecule has 0 fully saturated rings. The van der Waals surface area contributed by atoms with Crippen molar-refractivity contribution in [1.29, 1.82) is 0 Å². The van der Waals surface area contributed by atoms with Crippen LogP contribution in [0.25, 0.3) is 0 Å². The van der Waals surface area contributed by atoms with Gasteiger partial charge in [0.15, 0.2) is 0 Å². The summed E-state index contributed by atoms with van der Waals surface area (Å²) in [6.45, 7) is 6.81. The van der Waals surface area contributed by atoms with Crippen LogP contribution < -0.4 is 4.74 Å². The second-order valence-electron chi connectivity index (χ2n) is 5.12. The Kier molecular flexibility index (Phi) is 5.63. The average Bonchev–Trinajstić information content (AvgIpc) is 2.36. The van der Waals surface area contributed by atoms with Crippen molar-refractivity contribution in [2.75, 3.05) is 0 Å². The number of alkyl halides is 3. The van der Waals surface area contributed by atoms with Crippen LogP contribution in [0.15, 0.2) is 24.3 Å². The molecule has 1 aromatic carbocycles. The molecular weight excluding hydrogens is 285 g/mol. The lowest BCUT2D eigenvalue weighted by molar-refractivity contribution is -0.154. The van der Waals surface area contributed by atoms with Gasteiger partial charge >= 0.3 is 12.1 Å². The first-order valence-electron chi connectivity index (χ1n) is 6.65. The minimum atomic E-state index is -4.38. The number of ether oxygens (including phenoxy) is 2. The van der Waals surface area contributed by atoms with Gasteiger partial charge in [0.1, 0.15) is 11.9 Å². The fourth-order valence-electron chi connectivity index (χ4n) is 1.57. The molecule has 0 saturated carbocycles. The van der Waals surface area contributed by atoms with E-state index in [1.807, 2.05) is 0 Å². The van der Waals surface area contributed by atoms with Crippen molar-refractivity contribution in [2.24, 2.45) is 5.92 Å². The first kappa shape index (κ1) is 17.3. The molecule has 0 amide bonds. The molecule has 0 aliphatic carbocycles. The van der Waals surface area contributed by atoms with E-state index >= 15 is 0 Å². The van der Waals surface area contributed by atoms with Gasteiger partial charge in [0, 0.05) is 0 Å². The Hall–Kier alpha value is -1.72. The lowest BCUT2D eigenvalue weighted by atomic mass is 10.1. The standard InChI is InChI=1S/C15H19F3O3/c1-9(2)20-14(19)10(3)11(4)21-13-7-5-12(6-8-13)15(16,17)18/h5-11H,1-4H3. The van der Waals surface area contributed by atoms with Crippen LogP contribution in [0.4, 0.5) is 13.2 Å². The van der Waals surface area contributed by atoms with Crippen LogP contribution >= 0.6 is 0 Å². The molecule has 0 radical (unpaired) electrons. The number of carbonyl (C=O) groups excluding carboxylic acids is 1. The Labute approximate surface area is 122 Å². The first-order chi connectivity index (χ1) is 9.61. The Balaban J connectivity index is 2.66. The number of hydrogen-bond acceptors (Lipinski definition) is 3. The van der Waals surface area contributed by atoms with Gasteiger partial charge in [-0.3, -0.25) is 4.79 Å². The van der Waals surface area contributed by atoms with Crippen molar-refractivity contribution >= 4 is 5.97 Å². The van der Waals surface area contributed by atoms with Crippen molar-refractivity contribution in [2.45, 2.75) is 46.1 Å². The zero-order valence-electron chi connectivity index (χ0n) is 12.4. The second kappa shape index (κ2) is 6.83. The third kappa shape index (κ3) is 5.28. The van der Waals surface area contributed by atoms with E-state index in [4.69, 9.17) is 9.47 Å². The van der Waals surface area contributed by atoms with E-state index in [-0.39, 0.29) is 11.9 Å². The molecule has 0 N–H and O–H groups in total. The molecule has 1 rings (SSSR count). The monoisotopic (exact) mass is 304 g/mol. The number of rotatable bonds is 5. The molecule has 2 unspecified atom stereocenters. The molecule has 0 aliphatic heterocycles. The van der Waals surface area contributed by atoms with E-state index in [1.54, 1.807) is 27.7 Å². The number of esters is 1. The van der Waals surface area contributed by atoms with Gasteiger partial charge in [0.05, 0.1) is 17.6 Å². The number of carbonyl (C=O) groups is 1. The van der Waals surface area contributed by atoms with Crippen molar-refractivity contribution in [1.82, 2.24) is 0 Å². The van der Waals surface area contributed by atoms with Crippen LogP contribution in [0, 0.1) is 5.92 Å². The van der Waals surface area contributed by atoms with E-state index in [0.29, 0.717) is 0 Å². The summed E-state index contributed by atoms with van der Waals surface area (Å²) in [6, 6.07) is 4.36. The van der Waals surface area contributed by atoms with Gasteiger partial charge in [-0.1, -0.05) is 0 Å². The zero-order chi connectivity index (χ0) is 16.2. The number of halogens is 3. The average molecular weight is 304 g/mol. The van der Waals surface area contributed by atoms with Crippen molar-refractivity contribution < 1.29 is 27.4 Å². The topological polar surface area (TPSA) is 35.5 Å². The van der Waals surface area contributed by atoms with Crippen LogP contribution in [0.3, 0.4) is 0 Å². The molecule has 118 valence electrons. The van der Waals surface area contributed by atoms with E-state index in [9.17, 15) is 18.0 Å². The summed E-state index contributed by atoms with van der Waals surface area (Å²) in [6.07, 6.45) is -5.11. The Morgan fingerprint density at radius 2 is 1.57 bits per heavy atom. The van der Waals surface area contributed by atoms with Crippen LogP contribution in [0.1, 0.15) is 33.3 Å². The minimum Gasteiger partial charge on any atom is -0.490 e. The fraction of sp³-hybridized carbons (Fsp3) is 0.533. The SMILES string of the molecule is CC(C)OC(=O)C(C)C(C)Oc1ccc(C(F)(F)F)cc1. The molecule has 1 aromatic rings. The fourth-order valence-corrected chi connectivity index (χ4v) is 1.57. The van der Waals surface area contributed by atoms with E-state index < -0.39 is 29.7 Å². The molecule has 21 heavy (non-hydrogen) atoms. The van der Waals surface area contributed by atoms with Crippen LogP contribution in [-0.4, -0.2) is 18.2 Å². The minimum absolute atomic E-state index is 0.224. The highest BCUT2D eigenvalue weighted by Gasteiger charge is 2.30. The summed E-state index contributed by atoms with van der Waals surface area (Å²) in [5.74, 6) is -0.640. The highest BCUT2D eigenvalue weighted by atomic mass is 19.4. The predicted molar refractivity (Wildman–Crippen MR) is 71.9 cm³/mol. The number of hydrogen-bond donors (Lipinski definition) is 0. The Bertz CT molecular complexity index is 466. The normalized spacial score (nSPS) is 14.7. The van der Waals surface area contributed by atoms with Gasteiger partial charge < -0.3 is 9.47 Å². The van der Waals surface area contributed by atoms with Crippen molar-refractivity contribution in [3.05, 3.63) is 29.8 Å². The van der Waals surface area contributed by atoms with Gasteiger partial charge in [0.25, 0.3) is 0 Å². The summed E-state index contributed by atoms with van der Waals surface area (Å²) >= 11 is 0. The third-order valence-corrected chi connectivity index (χ3v) is 2.93. The van der Waals surface area contributed by atoms with Crippen LogP contribution in [0.5, 0.6) is 5.75 Å². The van der Waals surface area contributed by atoms with E-state index in [2.05, 4.69) is 0 Å². The van der Waals surface area contributed by atoms with Gasteiger partial charge in [-0.05, 0) is 52.0 Å². The van der Waals surface area contributed by atoms with Crippen LogP contribution in [-0.2, 0) is 15.7 Å². The predicted octanol–water partition coefficient (Wildman–Crippen LogP) is 4.06. The van der Waals surface area contributed by atoms with E-state index in [1.165, 1.54) is 12.1 Å². The van der Waals surface area contributed by atoms with Gasteiger partial charge in [-0.2, -0.15) is 13.2 Å². The molecule has 0 aromatic heterocycles. The van der Waals surface area contributed by atoms with Crippen molar-refractivity contribution in [3.63, 3.8) is 0 Å². The molecular formula is C15H19F3O3. The maximum atomic E-state index is 12.4. The molecule has 0 saturated heterocycles. The zero-order valence-corrected chi connectivity index (χ0v) is 12.4. The second-order valence-corrected chi connectivity index (χ2v) is 5.12. The van der Waals surface area contributed by atoms with E-state index in [0.717, 1.165) is 12.1 Å². The van der Waals surface area contributed by atoms with Gasteiger partial charge in [-0.15, -0.1) is 0 Å². The Morgan fingerprint density at radius 1 is 1.05 bits per heavy atom. The maximum Gasteiger partial charge on any atom is 0.416 e. The third-order valence-electron chi connectivity index (χ3n) is 2.93. The van der Waals surface area contributed by atoms with Gasteiger partial charge in [-0.25, -0.2) is 0 Å². The Morgan fingerprint density at radius 3 is 2.00 bits per heavy atom. The van der Waals surface area contributed by atoms with Crippen LogP contribution in [0.2, 0.25) is 0 Å². The first-order valence-corrected chi connectivity index (χ1v) is 6.65. The molecule has 0 heterocycles. The molecule has 3 nitrogen and oxygen atoms in total. The highest BCUT2D eigenvalue weighted by Crippen LogP contribution is 2.30. The summed E-state index contributed by atoms with van der Waals surface area (Å²) < 4.78 is 47.9. The molecule has 0 bridgehead atoms. The summed E-state index contributed by atoms with van der Waals surface area (Å²) in [4.78, 5) is 11.7. The largest absolute Gasteiger partial charge is 0.490 e. The molecule has 2 atom stereocenters. The summed E-state index contributed by atoms with van der Waals surface area (Å²) in [5.41, 5.74) is -0.741. The number of benzene rings is 1. The van der Waals surface area contributed by atoms with Crippen molar-refractivity contribution in [3.8, 4) is 5.75 Å². The lowest BCUT2D eigenvalue weighted by Crippen LogP contribution is -2.31. The molecule has 6 heteroatoms. The highest BCUT2D eigenvalue weighted by molar-refractivity contribution is 5.72. The molecule has 0 spiro atoms. The quantitative estimate of drug-likeness (QED) is 0.770.